The second-order valence-corrected chi connectivity index (χ2v) is 18.7. The number of halogens is 7. The molecule has 8 rings (SSSR count). The highest BCUT2D eigenvalue weighted by Gasteiger charge is 2.52. The van der Waals surface area contributed by atoms with Gasteiger partial charge in [0.25, 0.3) is 0 Å². The summed E-state index contributed by atoms with van der Waals surface area (Å²) >= 11 is 0. The average molecular weight is 1070 g/mol. The largest absolute Gasteiger partial charge is 0.507 e. The number of carboxylic acids is 1. The average Bonchev–Trinajstić information content (AvgIpc) is 4.31. The number of rotatable bonds is 19. The van der Waals surface area contributed by atoms with E-state index in [1.165, 1.54) is 83.0 Å². The molecule has 3 N–H and O–H groups in total. The Hall–Kier alpha value is -6.75. The van der Waals surface area contributed by atoms with E-state index in [4.69, 9.17) is 38.5 Å². The van der Waals surface area contributed by atoms with Gasteiger partial charge in [0.2, 0.25) is 0 Å². The summed E-state index contributed by atoms with van der Waals surface area (Å²) in [6, 6.07) is 15.9. The number of ketones is 3. The zero-order valence-electron chi connectivity index (χ0n) is 42.2. The first-order chi connectivity index (χ1) is 35.3. The van der Waals surface area contributed by atoms with Crippen molar-refractivity contribution in [1.29, 1.82) is 0 Å². The lowest BCUT2D eigenvalue weighted by atomic mass is 9.78. The van der Waals surface area contributed by atoms with Gasteiger partial charge in [-0.2, -0.15) is 17.6 Å². The van der Waals surface area contributed by atoms with Gasteiger partial charge in [-0.1, -0.05) is 18.2 Å². The van der Waals surface area contributed by atoms with E-state index < -0.39 is 67.6 Å². The summed E-state index contributed by atoms with van der Waals surface area (Å²) in [5, 5.41) is 27.4. The van der Waals surface area contributed by atoms with Crippen LogP contribution in [0.4, 0.5) is 30.7 Å². The van der Waals surface area contributed by atoms with Crippen LogP contribution in [0.2, 0.25) is 0 Å². The van der Waals surface area contributed by atoms with Gasteiger partial charge in [0.1, 0.15) is 86.8 Å². The second-order valence-electron chi connectivity index (χ2n) is 18.7. The predicted octanol–water partition coefficient (Wildman–Crippen LogP) is 10.2. The number of carbonyl (C=O) groups is 4. The van der Waals surface area contributed by atoms with Crippen molar-refractivity contribution < 1.29 is 103 Å². The number of benzene rings is 4. The smallest absolute Gasteiger partial charge is 0.495 e. The summed E-state index contributed by atoms with van der Waals surface area (Å²) in [5.74, 6) is -3.58. The third kappa shape index (κ3) is 15.4. The maximum atomic E-state index is 13.2. The molecule has 15 nitrogen and oxygen atoms in total. The number of alkyl halides is 7. The van der Waals surface area contributed by atoms with Crippen molar-refractivity contribution in [3.05, 3.63) is 89.0 Å². The van der Waals surface area contributed by atoms with E-state index in [1.807, 2.05) is 27.7 Å². The van der Waals surface area contributed by atoms with Crippen molar-refractivity contribution in [3.8, 4) is 46.0 Å². The van der Waals surface area contributed by atoms with Gasteiger partial charge in [-0.25, -0.2) is 18.0 Å². The predicted molar refractivity (Wildman–Crippen MR) is 257 cm³/mol. The van der Waals surface area contributed by atoms with Gasteiger partial charge in [-0.15, -0.1) is 0 Å². The molecule has 6 atom stereocenters. The van der Waals surface area contributed by atoms with Gasteiger partial charge in [-0.3, -0.25) is 14.4 Å². The summed E-state index contributed by atoms with van der Waals surface area (Å²) in [4.78, 5) is 47.1. The summed E-state index contributed by atoms with van der Waals surface area (Å²) in [6.45, 7) is 1.28. The number of hydrogen-bond acceptors (Lipinski definition) is 14. The number of carbonyl (C=O) groups excluding carboxylic acids is 3. The first-order valence-corrected chi connectivity index (χ1v) is 23.4. The van der Waals surface area contributed by atoms with Crippen LogP contribution in [-0.2, 0) is 9.31 Å². The molecule has 1 aliphatic heterocycles. The lowest BCUT2D eigenvalue weighted by Crippen LogP contribution is -2.41. The Labute approximate surface area is 428 Å². The molecule has 0 amide bonds. The maximum absolute atomic E-state index is 13.2. The Kier molecular flexibility index (Phi) is 19.9. The topological polar surface area (TPSA) is 203 Å². The number of carboxylic acid groups (broad SMARTS) is 1. The van der Waals surface area contributed by atoms with Crippen LogP contribution in [0.25, 0.3) is 0 Å². The van der Waals surface area contributed by atoms with E-state index in [1.54, 1.807) is 12.1 Å². The molecule has 4 aliphatic rings. The van der Waals surface area contributed by atoms with Gasteiger partial charge in [0, 0.05) is 37.0 Å². The third-order valence-electron chi connectivity index (χ3n) is 12.8. The minimum Gasteiger partial charge on any atom is -0.507 e. The molecule has 3 aliphatic carbocycles. The lowest BCUT2D eigenvalue weighted by Gasteiger charge is -2.32. The van der Waals surface area contributed by atoms with E-state index in [2.05, 4.69) is 9.47 Å². The third-order valence-corrected chi connectivity index (χ3v) is 12.8. The molecule has 0 unspecified atom stereocenters. The molecule has 3 saturated carbocycles. The lowest BCUT2D eigenvalue weighted by molar-refractivity contribution is -0.0509. The van der Waals surface area contributed by atoms with Crippen molar-refractivity contribution in [2.45, 2.75) is 109 Å². The van der Waals surface area contributed by atoms with Crippen LogP contribution in [0.1, 0.15) is 108 Å². The second kappa shape index (κ2) is 25.2. The van der Waals surface area contributed by atoms with Gasteiger partial charge in [-0.05, 0) is 101 Å². The number of phenols is 2. The maximum Gasteiger partial charge on any atom is 0.495 e. The van der Waals surface area contributed by atoms with Gasteiger partial charge in [0.05, 0.1) is 39.6 Å². The fourth-order valence-corrected chi connectivity index (χ4v) is 7.66. The number of phenolic OH excluding ortho intramolecular Hbond substituents is 1. The van der Waals surface area contributed by atoms with Crippen LogP contribution < -0.4 is 33.9 Å². The summed E-state index contributed by atoms with van der Waals surface area (Å²) in [6.07, 6.45) is -1.76. The standard InChI is InChI=1S/C19H24BF3O5.C13H13F3O3.C12H13FO3.C8H8O4/c1-18(2)19(3,4)28-20(27-18)11-8-14(25-5)16(15(9-11)26-17(22)23)13(24)7-10-6-12(10)21;1-18-10-3-2-4-11(19-13(15)16)12(10)9(17)6-7-5-8(7)14;1-16-11-4-2-3-9(14)12(11)10(15)6-7-5-8(7)13;1-12-6-4-2-3-5(9)7(6)8(10)11/h8-10,12,17H,6-7H2,1-5H3;2-4,7-8,13H,5-6H2,1H3;2-4,7-8,14H,5-6H2,1H3;2-4,9H,1H3,(H,10,11)/t10-,12-;2*7-,8-;/m000./s1. The molecule has 0 aromatic heterocycles. The summed E-state index contributed by atoms with van der Waals surface area (Å²) < 4.78 is 130. The fraction of sp³-hybridized carbons (Fsp3) is 0.462. The molecule has 0 bridgehead atoms. The molecule has 75 heavy (non-hydrogen) atoms. The molecule has 23 heteroatoms. The summed E-state index contributed by atoms with van der Waals surface area (Å²) in [7, 11) is 4.58. The molecule has 408 valence electrons. The number of aromatic carboxylic acids is 1. The zero-order chi connectivity index (χ0) is 55.7. The molecule has 0 spiro atoms. The quantitative estimate of drug-likeness (QED) is 0.0454. The van der Waals surface area contributed by atoms with Crippen LogP contribution in [-0.4, -0.2) is 117 Å². The van der Waals surface area contributed by atoms with E-state index in [0.29, 0.717) is 30.5 Å². The van der Waals surface area contributed by atoms with Crippen LogP contribution in [0.3, 0.4) is 0 Å². The molecule has 4 fully saturated rings. The Morgan fingerprint density at radius 3 is 1.24 bits per heavy atom. The normalized spacial score (nSPS) is 21.2. The van der Waals surface area contributed by atoms with Gasteiger partial charge < -0.3 is 53.0 Å². The Morgan fingerprint density at radius 1 is 0.547 bits per heavy atom. The minimum absolute atomic E-state index is 0.0266. The molecule has 1 heterocycles. The van der Waals surface area contributed by atoms with Gasteiger partial charge >= 0.3 is 26.3 Å². The van der Waals surface area contributed by atoms with E-state index >= 15 is 0 Å². The number of ether oxygens (including phenoxy) is 6. The monoisotopic (exact) mass is 1070 g/mol. The highest BCUT2D eigenvalue weighted by atomic mass is 19.3. The Bertz CT molecular complexity index is 2650. The fourth-order valence-electron chi connectivity index (χ4n) is 7.66. The van der Waals surface area contributed by atoms with E-state index in [-0.39, 0.29) is 105 Å². The van der Waals surface area contributed by atoms with E-state index in [0.717, 1.165) is 0 Å². The molecule has 4 aromatic carbocycles. The van der Waals surface area contributed by atoms with Crippen LogP contribution >= 0.6 is 0 Å². The van der Waals surface area contributed by atoms with Crippen LogP contribution in [0, 0.1) is 17.8 Å². The number of methoxy groups -OCH3 is 4. The first-order valence-electron chi connectivity index (χ1n) is 23.4. The highest BCUT2D eigenvalue weighted by Crippen LogP contribution is 2.43. The Morgan fingerprint density at radius 2 is 0.867 bits per heavy atom. The Balaban J connectivity index is 0.000000194. The number of Topliss-reactive ketones (excluding diaryl/α,β-unsaturated/α-hetero) is 3. The van der Waals surface area contributed by atoms with Gasteiger partial charge in [0.15, 0.2) is 17.3 Å². The molecule has 4 aromatic rings. The number of hydrogen-bond donors (Lipinski definition) is 3. The van der Waals surface area contributed by atoms with Crippen LogP contribution in [0.15, 0.2) is 66.7 Å². The molecule has 0 radical (unpaired) electrons. The minimum atomic E-state index is -3.14. The van der Waals surface area contributed by atoms with Crippen LogP contribution in [0.5, 0.6) is 46.0 Å². The SMILES string of the molecule is COc1cc(B2OC(C)(C)C(C)(C)O2)cc(OC(F)F)c1C(=O)C[C@@H]1C[C@@H]1F.COc1cccc(O)c1C(=O)C[C@@H]1C[C@@H]1F.COc1cccc(O)c1C(=O)O.COc1cccc(OC(F)F)c1C(=O)C[C@@H]1C[C@@H]1F. The summed E-state index contributed by atoms with van der Waals surface area (Å²) in [5.41, 5.74) is -1.11. The van der Waals surface area contributed by atoms with Crippen molar-refractivity contribution in [1.82, 2.24) is 0 Å². The molecule has 1 saturated heterocycles. The molecular weight excluding hydrogens is 1010 g/mol. The van der Waals surface area contributed by atoms with Crippen molar-refractivity contribution >= 4 is 35.9 Å². The van der Waals surface area contributed by atoms with Crippen molar-refractivity contribution in [2.24, 2.45) is 17.8 Å². The highest BCUT2D eigenvalue weighted by molar-refractivity contribution is 6.62. The van der Waals surface area contributed by atoms with Crippen molar-refractivity contribution in [2.75, 3.05) is 28.4 Å². The van der Waals surface area contributed by atoms with E-state index in [9.17, 15) is 55.0 Å². The van der Waals surface area contributed by atoms with Crippen molar-refractivity contribution in [3.63, 3.8) is 0 Å². The zero-order valence-corrected chi connectivity index (χ0v) is 42.2. The molecular formula is C52H58BF7O15. The number of aromatic hydroxyl groups is 2. The first kappa shape index (κ1) is 59.1.